The summed E-state index contributed by atoms with van der Waals surface area (Å²) in [6.07, 6.45) is -3.63. The molecule has 0 unspecified atom stereocenters. The highest BCUT2D eigenvalue weighted by Crippen LogP contribution is 2.38. The average Bonchev–Trinajstić information content (AvgIpc) is 3.31. The van der Waals surface area contributed by atoms with Gasteiger partial charge in [0.25, 0.3) is 0 Å². The van der Waals surface area contributed by atoms with Crippen molar-refractivity contribution in [3.63, 3.8) is 0 Å². The summed E-state index contributed by atoms with van der Waals surface area (Å²) in [7, 11) is 0. The van der Waals surface area contributed by atoms with Crippen molar-refractivity contribution in [1.82, 2.24) is 20.0 Å². The Labute approximate surface area is 158 Å². The molecule has 0 spiro atoms. The van der Waals surface area contributed by atoms with Gasteiger partial charge < -0.3 is 5.11 Å². The van der Waals surface area contributed by atoms with Gasteiger partial charge in [0.1, 0.15) is 17.0 Å². The number of nitrogens with zero attached hydrogens (tertiary/aromatic N) is 3. The largest absolute Gasteiger partial charge is 0.507 e. The summed E-state index contributed by atoms with van der Waals surface area (Å²) >= 11 is 0. The summed E-state index contributed by atoms with van der Waals surface area (Å²) in [5, 5.41) is 20.9. The average molecular weight is 384 g/mol. The highest BCUT2D eigenvalue weighted by atomic mass is 19.4. The lowest BCUT2D eigenvalue weighted by Crippen LogP contribution is -2.05. The van der Waals surface area contributed by atoms with Crippen LogP contribution in [-0.2, 0) is 6.18 Å². The number of hydrogen-bond donors (Lipinski definition) is 2. The van der Waals surface area contributed by atoms with Gasteiger partial charge in [0.05, 0.1) is 17.1 Å². The normalized spacial score (nSPS) is 11.7. The molecule has 28 heavy (non-hydrogen) atoms. The van der Waals surface area contributed by atoms with Crippen LogP contribution in [0.1, 0.15) is 11.1 Å². The smallest absolute Gasteiger partial charge is 0.420 e. The second kappa shape index (κ2) is 6.56. The molecule has 0 saturated carbocycles. The van der Waals surface area contributed by atoms with Crippen LogP contribution < -0.4 is 0 Å². The summed E-state index contributed by atoms with van der Waals surface area (Å²) in [6, 6.07) is 15.0. The van der Waals surface area contributed by atoms with E-state index in [1.165, 1.54) is 16.8 Å². The third kappa shape index (κ3) is 3.24. The number of nitrogens with one attached hydrogen (secondary N) is 1. The van der Waals surface area contributed by atoms with Crippen LogP contribution in [0.3, 0.4) is 0 Å². The van der Waals surface area contributed by atoms with Crippen molar-refractivity contribution in [1.29, 1.82) is 0 Å². The molecule has 0 fully saturated rings. The van der Waals surface area contributed by atoms with E-state index in [1.807, 2.05) is 6.92 Å². The van der Waals surface area contributed by atoms with E-state index in [1.54, 1.807) is 42.5 Å². The van der Waals surface area contributed by atoms with Gasteiger partial charge in [-0.2, -0.15) is 23.4 Å². The zero-order valence-corrected chi connectivity index (χ0v) is 14.7. The van der Waals surface area contributed by atoms with Gasteiger partial charge in [-0.15, -0.1) is 0 Å². The van der Waals surface area contributed by atoms with Gasteiger partial charge in [-0.3, -0.25) is 5.10 Å². The SMILES string of the molecule is Cc1ccc(O)c(-c2cc(-c3nn(-c4ccccc4)cc3C(F)(F)F)[nH]n2)c1. The number of benzene rings is 2. The summed E-state index contributed by atoms with van der Waals surface area (Å²) in [4.78, 5) is 0. The number of phenolic OH excluding ortho intramolecular Hbond substituents is 1. The first-order chi connectivity index (χ1) is 13.3. The third-order valence-corrected chi connectivity index (χ3v) is 4.30. The van der Waals surface area contributed by atoms with Gasteiger partial charge >= 0.3 is 6.18 Å². The quantitative estimate of drug-likeness (QED) is 0.525. The van der Waals surface area contributed by atoms with Crippen LogP contribution in [0.4, 0.5) is 13.2 Å². The number of aromatic nitrogens is 4. The molecule has 5 nitrogen and oxygen atoms in total. The maximum absolute atomic E-state index is 13.6. The Kier molecular flexibility index (Phi) is 4.18. The minimum atomic E-state index is -4.58. The van der Waals surface area contributed by atoms with Crippen LogP contribution in [0.25, 0.3) is 28.3 Å². The zero-order valence-electron chi connectivity index (χ0n) is 14.7. The number of hydrogen-bond acceptors (Lipinski definition) is 3. The first-order valence-electron chi connectivity index (χ1n) is 8.41. The Morgan fingerprint density at radius 1 is 1.04 bits per heavy atom. The molecule has 0 saturated heterocycles. The van der Waals surface area contributed by atoms with Gasteiger partial charge in [-0.1, -0.05) is 29.8 Å². The molecule has 0 aliphatic rings. The van der Waals surface area contributed by atoms with Crippen molar-refractivity contribution in [2.45, 2.75) is 13.1 Å². The lowest BCUT2D eigenvalue weighted by atomic mass is 10.1. The van der Waals surface area contributed by atoms with Gasteiger partial charge in [-0.05, 0) is 37.3 Å². The van der Waals surface area contributed by atoms with E-state index in [9.17, 15) is 18.3 Å². The van der Waals surface area contributed by atoms with Crippen molar-refractivity contribution in [2.75, 3.05) is 0 Å². The second-order valence-corrected chi connectivity index (χ2v) is 6.36. The number of rotatable bonds is 3. The van der Waals surface area contributed by atoms with Gasteiger partial charge in [0.2, 0.25) is 0 Å². The van der Waals surface area contributed by atoms with E-state index in [0.29, 0.717) is 16.9 Å². The zero-order chi connectivity index (χ0) is 19.9. The summed E-state index contributed by atoms with van der Waals surface area (Å²) < 4.78 is 41.9. The molecule has 0 aliphatic heterocycles. The van der Waals surface area contributed by atoms with Crippen LogP contribution >= 0.6 is 0 Å². The van der Waals surface area contributed by atoms with Crippen LogP contribution in [0.2, 0.25) is 0 Å². The van der Waals surface area contributed by atoms with Crippen molar-refractivity contribution >= 4 is 0 Å². The van der Waals surface area contributed by atoms with E-state index in [-0.39, 0.29) is 17.1 Å². The second-order valence-electron chi connectivity index (χ2n) is 6.36. The number of aryl methyl sites for hydroxylation is 1. The number of phenols is 1. The molecule has 0 amide bonds. The van der Waals surface area contributed by atoms with Gasteiger partial charge in [0.15, 0.2) is 0 Å². The highest BCUT2D eigenvalue weighted by Gasteiger charge is 2.37. The number of aromatic hydroxyl groups is 1. The Bertz CT molecular complexity index is 1130. The number of aromatic amines is 1. The number of para-hydroxylation sites is 1. The first-order valence-corrected chi connectivity index (χ1v) is 8.41. The van der Waals surface area contributed by atoms with Gasteiger partial charge in [-0.25, -0.2) is 4.68 Å². The minimum absolute atomic E-state index is 0.00508. The minimum Gasteiger partial charge on any atom is -0.507 e. The van der Waals surface area contributed by atoms with Crippen molar-refractivity contribution < 1.29 is 18.3 Å². The molecule has 2 N–H and O–H groups in total. The lowest BCUT2D eigenvalue weighted by Gasteiger charge is -2.04. The molecule has 0 bridgehead atoms. The molecule has 0 radical (unpaired) electrons. The van der Waals surface area contributed by atoms with Crippen molar-refractivity contribution in [2.24, 2.45) is 0 Å². The van der Waals surface area contributed by atoms with Crippen LogP contribution in [0.15, 0.2) is 60.8 Å². The monoisotopic (exact) mass is 384 g/mol. The fraction of sp³-hybridized carbons (Fsp3) is 0.100. The predicted octanol–water partition coefficient (Wildman–Crippen LogP) is 4.96. The molecule has 0 atom stereocenters. The number of halogens is 3. The van der Waals surface area contributed by atoms with Crippen LogP contribution in [0.5, 0.6) is 5.75 Å². The molecule has 2 heterocycles. The maximum atomic E-state index is 13.6. The molecule has 4 rings (SSSR count). The van der Waals surface area contributed by atoms with Crippen molar-refractivity contribution in [3.05, 3.63) is 71.9 Å². The topological polar surface area (TPSA) is 66.7 Å². The molecule has 8 heteroatoms. The molecule has 2 aromatic carbocycles. The molecule has 4 aromatic rings. The summed E-state index contributed by atoms with van der Waals surface area (Å²) in [5.74, 6) is -0.00508. The molecular weight excluding hydrogens is 369 g/mol. The fourth-order valence-corrected chi connectivity index (χ4v) is 2.93. The number of H-pyrrole nitrogens is 1. The Balaban J connectivity index is 1.82. The molecular formula is C20H15F3N4O. The highest BCUT2D eigenvalue weighted by molar-refractivity contribution is 5.72. The Morgan fingerprint density at radius 2 is 1.79 bits per heavy atom. The van der Waals surface area contributed by atoms with E-state index < -0.39 is 11.7 Å². The Morgan fingerprint density at radius 3 is 2.50 bits per heavy atom. The number of alkyl halides is 3. The van der Waals surface area contributed by atoms with E-state index in [2.05, 4.69) is 15.3 Å². The molecule has 2 aromatic heterocycles. The molecule has 142 valence electrons. The predicted molar refractivity (Wildman–Crippen MR) is 98.0 cm³/mol. The molecule has 0 aliphatic carbocycles. The lowest BCUT2D eigenvalue weighted by molar-refractivity contribution is -0.137. The van der Waals surface area contributed by atoms with E-state index >= 15 is 0 Å². The summed E-state index contributed by atoms with van der Waals surface area (Å²) in [5.41, 5.74) is 1.13. The third-order valence-electron chi connectivity index (χ3n) is 4.30. The van der Waals surface area contributed by atoms with E-state index in [0.717, 1.165) is 11.8 Å². The Hall–Kier alpha value is -3.55. The first kappa shape index (κ1) is 17.8. The van der Waals surface area contributed by atoms with Gasteiger partial charge in [0, 0.05) is 11.8 Å². The maximum Gasteiger partial charge on any atom is 0.420 e. The van der Waals surface area contributed by atoms with Crippen LogP contribution in [-0.4, -0.2) is 25.1 Å². The van der Waals surface area contributed by atoms with Crippen LogP contribution in [0, 0.1) is 6.92 Å². The fourth-order valence-electron chi connectivity index (χ4n) is 2.93. The van der Waals surface area contributed by atoms with E-state index in [4.69, 9.17) is 0 Å². The standard InChI is InChI=1S/C20H15F3N4O/c1-12-7-8-18(28)14(9-12)16-10-17(25-24-16)19-15(20(21,22)23)11-27(26-19)13-5-3-2-4-6-13/h2-11,28H,1H3,(H,24,25). The summed E-state index contributed by atoms with van der Waals surface area (Å²) in [6.45, 7) is 1.85. The van der Waals surface area contributed by atoms with Crippen molar-refractivity contribution in [3.8, 4) is 34.1 Å².